The average molecular weight is 412 g/mol. The SMILES string of the molecule is CN1CCN(c2cc(NCC3=CC=CC3)c3c4c(onc24)-c2ccccc2C3=O)CC1. The Morgan fingerprint density at radius 2 is 1.94 bits per heavy atom. The lowest BCUT2D eigenvalue weighted by Gasteiger charge is -2.34. The molecule has 0 unspecified atom stereocenters. The van der Waals surface area contributed by atoms with E-state index in [2.05, 4.69) is 51.6 Å². The lowest BCUT2D eigenvalue weighted by molar-refractivity contribution is 0.104. The predicted molar refractivity (Wildman–Crippen MR) is 123 cm³/mol. The van der Waals surface area contributed by atoms with Crippen molar-refractivity contribution in [2.24, 2.45) is 0 Å². The van der Waals surface area contributed by atoms with Crippen LogP contribution in [-0.2, 0) is 0 Å². The Bertz CT molecular complexity index is 1260. The van der Waals surface area contributed by atoms with Gasteiger partial charge in [-0.3, -0.25) is 4.79 Å². The molecule has 1 saturated heterocycles. The van der Waals surface area contributed by atoms with E-state index in [1.807, 2.05) is 24.3 Å². The van der Waals surface area contributed by atoms with Gasteiger partial charge in [0.15, 0.2) is 11.5 Å². The van der Waals surface area contributed by atoms with E-state index in [9.17, 15) is 4.79 Å². The average Bonchev–Trinajstić information content (AvgIpc) is 3.47. The number of allylic oxidation sites excluding steroid dienone is 3. The van der Waals surface area contributed by atoms with Crippen LogP contribution in [0.2, 0.25) is 0 Å². The first-order chi connectivity index (χ1) is 15.2. The molecule has 0 amide bonds. The fourth-order valence-corrected chi connectivity index (χ4v) is 4.80. The van der Waals surface area contributed by atoms with Gasteiger partial charge in [-0.1, -0.05) is 47.7 Å². The van der Waals surface area contributed by atoms with Crippen LogP contribution in [-0.4, -0.2) is 55.6 Å². The van der Waals surface area contributed by atoms with Crippen LogP contribution in [0.15, 0.2) is 58.7 Å². The second-order valence-corrected chi connectivity index (χ2v) is 8.53. The van der Waals surface area contributed by atoms with Crippen LogP contribution < -0.4 is 10.2 Å². The highest BCUT2D eigenvalue weighted by atomic mass is 16.5. The molecule has 1 N–H and O–H groups in total. The molecular formula is C25H24N4O2. The predicted octanol–water partition coefficient (Wildman–Crippen LogP) is 4.09. The number of hydrogen-bond donors (Lipinski definition) is 1. The zero-order chi connectivity index (χ0) is 20.9. The molecule has 2 aromatic carbocycles. The van der Waals surface area contributed by atoms with Crippen molar-refractivity contribution in [3.8, 4) is 11.3 Å². The van der Waals surface area contributed by atoms with Crippen LogP contribution in [0.4, 0.5) is 11.4 Å². The van der Waals surface area contributed by atoms with Gasteiger partial charge in [-0.2, -0.15) is 0 Å². The maximum absolute atomic E-state index is 13.6. The van der Waals surface area contributed by atoms with Crippen LogP contribution in [0.3, 0.4) is 0 Å². The third-order valence-electron chi connectivity index (χ3n) is 6.58. The Labute approximate surface area is 180 Å². The maximum Gasteiger partial charge on any atom is 0.196 e. The van der Waals surface area contributed by atoms with E-state index >= 15 is 0 Å². The van der Waals surface area contributed by atoms with E-state index in [0.717, 1.165) is 60.4 Å². The van der Waals surface area contributed by atoms with Gasteiger partial charge in [0, 0.05) is 49.5 Å². The smallest absolute Gasteiger partial charge is 0.196 e. The summed E-state index contributed by atoms with van der Waals surface area (Å²) in [6.45, 7) is 4.55. The van der Waals surface area contributed by atoms with Crippen LogP contribution in [0, 0.1) is 0 Å². The molecule has 1 aliphatic heterocycles. The molecule has 0 radical (unpaired) electrons. The Morgan fingerprint density at radius 1 is 1.13 bits per heavy atom. The number of aromatic nitrogens is 1. The van der Waals surface area contributed by atoms with Crippen LogP contribution in [0.5, 0.6) is 0 Å². The standard InChI is InChI=1S/C25H24N4O2/c1-28-10-12-29(13-11-28)20-14-19(26-15-16-6-2-3-7-16)21-22-23(20)27-31-25(22)18-9-5-4-8-17(18)24(21)30/h2-6,8-9,14,26H,7,10-13,15H2,1H3. The molecule has 31 heavy (non-hydrogen) atoms. The number of nitrogens with one attached hydrogen (secondary N) is 1. The summed E-state index contributed by atoms with van der Waals surface area (Å²) in [6, 6.07) is 9.76. The first-order valence-corrected chi connectivity index (χ1v) is 10.8. The maximum atomic E-state index is 13.6. The normalized spacial score (nSPS) is 17.9. The number of nitrogens with zero attached hydrogens (tertiary/aromatic N) is 3. The molecule has 2 heterocycles. The molecule has 0 saturated carbocycles. The molecule has 3 aromatic rings. The third kappa shape index (κ3) is 2.90. The molecule has 3 aliphatic rings. The lowest BCUT2D eigenvalue weighted by atomic mass is 9.86. The van der Waals surface area contributed by atoms with Crippen molar-refractivity contribution in [1.82, 2.24) is 10.1 Å². The Kier molecular flexibility index (Phi) is 4.21. The number of benzene rings is 2. The molecule has 2 aliphatic carbocycles. The summed E-state index contributed by atoms with van der Waals surface area (Å²) in [7, 11) is 2.15. The van der Waals surface area contributed by atoms with Crippen molar-refractivity contribution in [2.45, 2.75) is 6.42 Å². The summed E-state index contributed by atoms with van der Waals surface area (Å²) in [6.07, 6.45) is 7.32. The molecule has 1 aromatic heterocycles. The van der Waals surface area contributed by atoms with E-state index in [1.54, 1.807) is 0 Å². The first-order valence-electron chi connectivity index (χ1n) is 10.8. The van der Waals surface area contributed by atoms with Gasteiger partial charge in [0.25, 0.3) is 0 Å². The molecule has 6 rings (SSSR count). The van der Waals surface area contributed by atoms with Crippen LogP contribution >= 0.6 is 0 Å². The van der Waals surface area contributed by atoms with Crippen molar-refractivity contribution in [2.75, 3.05) is 50.0 Å². The number of piperazine rings is 1. The lowest BCUT2D eigenvalue weighted by Crippen LogP contribution is -2.44. The second kappa shape index (κ2) is 7.10. The summed E-state index contributed by atoms with van der Waals surface area (Å²) in [4.78, 5) is 18.3. The summed E-state index contributed by atoms with van der Waals surface area (Å²) in [5.74, 6) is 0.725. The summed E-state index contributed by atoms with van der Waals surface area (Å²) < 4.78 is 5.87. The van der Waals surface area contributed by atoms with E-state index < -0.39 is 0 Å². The zero-order valence-electron chi connectivity index (χ0n) is 17.5. The van der Waals surface area contributed by atoms with Gasteiger partial charge in [0.1, 0.15) is 5.52 Å². The van der Waals surface area contributed by atoms with Gasteiger partial charge in [-0.15, -0.1) is 0 Å². The highest BCUT2D eigenvalue weighted by Gasteiger charge is 2.34. The minimum atomic E-state index is 0.0299. The fourth-order valence-electron chi connectivity index (χ4n) is 4.80. The number of carbonyl (C=O) groups excluding carboxylic acids is 1. The van der Waals surface area contributed by atoms with E-state index in [4.69, 9.17) is 4.52 Å². The van der Waals surface area contributed by atoms with Crippen LogP contribution in [0.25, 0.3) is 22.2 Å². The molecule has 0 atom stereocenters. The first kappa shape index (κ1) is 18.4. The highest BCUT2D eigenvalue weighted by molar-refractivity contribution is 6.28. The number of rotatable bonds is 4. The minimum Gasteiger partial charge on any atom is -0.381 e. The van der Waals surface area contributed by atoms with Crippen molar-refractivity contribution < 1.29 is 9.32 Å². The second-order valence-electron chi connectivity index (χ2n) is 8.53. The number of carbonyl (C=O) groups is 1. The van der Waals surface area contributed by atoms with Gasteiger partial charge in [-0.05, 0) is 25.1 Å². The zero-order valence-corrected chi connectivity index (χ0v) is 17.5. The Hall–Kier alpha value is -3.38. The van der Waals surface area contributed by atoms with E-state index in [0.29, 0.717) is 23.4 Å². The molecule has 6 nitrogen and oxygen atoms in total. The van der Waals surface area contributed by atoms with Crippen molar-refractivity contribution >= 4 is 28.1 Å². The molecule has 0 spiro atoms. The molecule has 6 heteroatoms. The van der Waals surface area contributed by atoms with Crippen molar-refractivity contribution in [3.63, 3.8) is 0 Å². The number of likely N-dealkylation sites (N-methyl/N-ethyl adjacent to an activating group) is 1. The number of ketones is 1. The number of fused-ring (bicyclic) bond motifs is 2. The quantitative estimate of drug-likeness (QED) is 0.545. The molecule has 1 fully saturated rings. The number of anilines is 2. The van der Waals surface area contributed by atoms with Gasteiger partial charge in [-0.25, -0.2) is 0 Å². The van der Waals surface area contributed by atoms with Gasteiger partial charge in [0.2, 0.25) is 0 Å². The van der Waals surface area contributed by atoms with Crippen LogP contribution in [0.1, 0.15) is 22.3 Å². The topological polar surface area (TPSA) is 61.6 Å². The van der Waals surface area contributed by atoms with E-state index in [-0.39, 0.29) is 5.78 Å². The third-order valence-corrected chi connectivity index (χ3v) is 6.58. The van der Waals surface area contributed by atoms with Gasteiger partial charge >= 0.3 is 0 Å². The number of hydrogen-bond acceptors (Lipinski definition) is 6. The highest BCUT2D eigenvalue weighted by Crippen LogP contribution is 2.45. The molecule has 156 valence electrons. The Balaban J connectivity index is 1.53. The summed E-state index contributed by atoms with van der Waals surface area (Å²) in [5.41, 5.74) is 6.16. The van der Waals surface area contributed by atoms with Crippen molar-refractivity contribution in [1.29, 1.82) is 0 Å². The van der Waals surface area contributed by atoms with E-state index in [1.165, 1.54) is 5.57 Å². The molecular weight excluding hydrogens is 388 g/mol. The monoisotopic (exact) mass is 412 g/mol. The summed E-state index contributed by atoms with van der Waals surface area (Å²) >= 11 is 0. The Morgan fingerprint density at radius 3 is 2.71 bits per heavy atom. The summed E-state index contributed by atoms with van der Waals surface area (Å²) in [5, 5.41) is 8.86. The fraction of sp³-hybridized carbons (Fsp3) is 0.280. The van der Waals surface area contributed by atoms with Gasteiger partial charge in [0.05, 0.1) is 16.6 Å². The minimum absolute atomic E-state index is 0.0299. The van der Waals surface area contributed by atoms with Crippen molar-refractivity contribution in [3.05, 3.63) is 65.3 Å². The molecule has 0 bridgehead atoms. The largest absolute Gasteiger partial charge is 0.381 e. The van der Waals surface area contributed by atoms with Gasteiger partial charge < -0.3 is 19.6 Å².